The molecule has 0 fully saturated rings. The molecule has 1 heterocycles. The molecule has 0 radical (unpaired) electrons. The van der Waals surface area contributed by atoms with Crippen LogP contribution in [0.5, 0.6) is 0 Å². The molecular weight excluding hydrogens is 218 g/mol. The number of carboxylic acids is 1. The maximum Gasteiger partial charge on any atom is 0.326 e. The van der Waals surface area contributed by atoms with Gasteiger partial charge >= 0.3 is 5.97 Å². The largest absolute Gasteiger partial charge is 0.480 e. The van der Waals surface area contributed by atoms with Crippen LogP contribution >= 0.6 is 0 Å². The first kappa shape index (κ1) is 11.9. The van der Waals surface area contributed by atoms with E-state index in [1.807, 2.05) is 29.2 Å². The minimum absolute atomic E-state index is 0.427. The Morgan fingerprint density at radius 3 is 3.00 bits per heavy atom. The summed E-state index contributed by atoms with van der Waals surface area (Å²) < 4.78 is 5.01. The molecule has 1 atom stereocenters. The third kappa shape index (κ3) is 2.42. The van der Waals surface area contributed by atoms with Crippen LogP contribution in [0.2, 0.25) is 0 Å². The number of hydrogen-bond acceptors (Lipinski definition) is 3. The van der Waals surface area contributed by atoms with Gasteiger partial charge in [0, 0.05) is 32.4 Å². The molecule has 1 aliphatic rings. The smallest absolute Gasteiger partial charge is 0.326 e. The fourth-order valence-electron chi connectivity index (χ4n) is 2.33. The van der Waals surface area contributed by atoms with Crippen molar-refractivity contribution in [1.82, 2.24) is 0 Å². The molecule has 4 heteroatoms. The highest BCUT2D eigenvalue weighted by molar-refractivity contribution is 5.82. The van der Waals surface area contributed by atoms with Gasteiger partial charge in [-0.3, -0.25) is 0 Å². The van der Waals surface area contributed by atoms with Crippen molar-refractivity contribution in [1.29, 1.82) is 0 Å². The Kier molecular flexibility index (Phi) is 3.64. The molecular formula is C13H17NO3. The Balaban J connectivity index is 2.15. The van der Waals surface area contributed by atoms with Gasteiger partial charge in [0.1, 0.15) is 6.04 Å². The summed E-state index contributed by atoms with van der Waals surface area (Å²) in [6.45, 7) is 1.38. The van der Waals surface area contributed by atoms with Gasteiger partial charge in [0.05, 0.1) is 0 Å². The third-order valence-electron chi connectivity index (χ3n) is 3.12. The number of anilines is 1. The minimum atomic E-state index is -0.751. The molecule has 1 aromatic rings. The van der Waals surface area contributed by atoms with Crippen LogP contribution in [0.3, 0.4) is 0 Å². The lowest BCUT2D eigenvalue weighted by molar-refractivity contribution is -0.138. The second-order valence-corrected chi connectivity index (χ2v) is 4.23. The second kappa shape index (κ2) is 5.19. The number of methoxy groups -OCH3 is 1. The molecule has 92 valence electrons. The zero-order valence-electron chi connectivity index (χ0n) is 9.93. The van der Waals surface area contributed by atoms with Crippen LogP contribution in [-0.2, 0) is 16.0 Å². The molecule has 0 spiro atoms. The molecule has 1 unspecified atom stereocenters. The fraction of sp³-hybridized carbons (Fsp3) is 0.462. The zero-order valence-corrected chi connectivity index (χ0v) is 9.93. The monoisotopic (exact) mass is 235 g/mol. The van der Waals surface area contributed by atoms with Crippen LogP contribution in [-0.4, -0.2) is 37.4 Å². The summed E-state index contributed by atoms with van der Waals surface area (Å²) in [6.07, 6.45) is 1.44. The quantitative estimate of drug-likeness (QED) is 0.786. The number of aliphatic carboxylic acids is 1. The van der Waals surface area contributed by atoms with Crippen LogP contribution in [0.4, 0.5) is 5.69 Å². The van der Waals surface area contributed by atoms with Crippen molar-refractivity contribution in [3.8, 4) is 0 Å². The number of rotatable bonds is 5. The average molecular weight is 235 g/mol. The highest BCUT2D eigenvalue weighted by Crippen LogP contribution is 2.31. The summed E-state index contributed by atoms with van der Waals surface area (Å²) in [5.41, 5.74) is 2.17. The molecule has 0 aromatic heterocycles. The lowest BCUT2D eigenvalue weighted by atomic mass is 10.1. The van der Waals surface area contributed by atoms with E-state index in [0.29, 0.717) is 13.0 Å². The Morgan fingerprint density at radius 1 is 1.53 bits per heavy atom. The number of ether oxygens (including phenoxy) is 1. The summed E-state index contributed by atoms with van der Waals surface area (Å²) >= 11 is 0. The molecule has 0 saturated heterocycles. The molecule has 0 saturated carbocycles. The molecule has 1 aliphatic heterocycles. The number of hydrogen-bond donors (Lipinski definition) is 1. The third-order valence-corrected chi connectivity index (χ3v) is 3.12. The van der Waals surface area contributed by atoms with Crippen molar-refractivity contribution in [2.24, 2.45) is 0 Å². The highest BCUT2D eigenvalue weighted by atomic mass is 16.5. The van der Waals surface area contributed by atoms with Gasteiger partial charge in [-0.1, -0.05) is 18.2 Å². The van der Waals surface area contributed by atoms with Gasteiger partial charge in [-0.2, -0.15) is 0 Å². The zero-order chi connectivity index (χ0) is 12.3. The maximum atomic E-state index is 11.2. The predicted molar refractivity (Wildman–Crippen MR) is 65.4 cm³/mol. The van der Waals surface area contributed by atoms with Gasteiger partial charge in [0.15, 0.2) is 0 Å². The summed E-state index contributed by atoms with van der Waals surface area (Å²) in [5, 5.41) is 9.24. The van der Waals surface area contributed by atoms with Crippen LogP contribution < -0.4 is 4.90 Å². The first-order valence-electron chi connectivity index (χ1n) is 5.80. The minimum Gasteiger partial charge on any atom is -0.480 e. The number of benzene rings is 1. The van der Waals surface area contributed by atoms with E-state index in [0.717, 1.165) is 24.2 Å². The fourth-order valence-corrected chi connectivity index (χ4v) is 2.33. The van der Waals surface area contributed by atoms with Gasteiger partial charge in [-0.15, -0.1) is 0 Å². The van der Waals surface area contributed by atoms with Gasteiger partial charge in [0.25, 0.3) is 0 Å². The lowest BCUT2D eigenvalue weighted by Crippen LogP contribution is -2.39. The van der Waals surface area contributed by atoms with Crippen molar-refractivity contribution in [3.63, 3.8) is 0 Å². The number of nitrogens with zero attached hydrogens (tertiary/aromatic N) is 1. The number of carboxylic acid groups (broad SMARTS) is 1. The Bertz CT molecular complexity index is 405. The molecule has 17 heavy (non-hydrogen) atoms. The van der Waals surface area contributed by atoms with Gasteiger partial charge in [-0.25, -0.2) is 4.79 Å². The van der Waals surface area contributed by atoms with Gasteiger partial charge < -0.3 is 14.7 Å². The summed E-state index contributed by atoms with van der Waals surface area (Å²) in [4.78, 5) is 13.2. The number of carbonyl (C=O) groups is 1. The van der Waals surface area contributed by atoms with Crippen molar-refractivity contribution in [3.05, 3.63) is 29.8 Å². The van der Waals surface area contributed by atoms with E-state index in [2.05, 4.69) is 0 Å². The van der Waals surface area contributed by atoms with Crippen molar-refractivity contribution >= 4 is 11.7 Å². The van der Waals surface area contributed by atoms with Crippen LogP contribution in [0.15, 0.2) is 24.3 Å². The molecule has 2 rings (SSSR count). The standard InChI is InChI=1S/C13H17NO3/c1-17-8-4-7-14-11-6-3-2-5-10(11)9-12(14)13(15)16/h2-3,5-6,12H,4,7-9H2,1H3,(H,15,16). The van der Waals surface area contributed by atoms with Crippen molar-refractivity contribution < 1.29 is 14.6 Å². The molecule has 1 aromatic carbocycles. The Hall–Kier alpha value is -1.55. The molecule has 0 amide bonds. The van der Waals surface area contributed by atoms with E-state index in [9.17, 15) is 9.90 Å². The lowest BCUT2D eigenvalue weighted by Gasteiger charge is -2.24. The van der Waals surface area contributed by atoms with E-state index in [-0.39, 0.29) is 0 Å². The van der Waals surface area contributed by atoms with Gasteiger partial charge in [0.2, 0.25) is 0 Å². The number of fused-ring (bicyclic) bond motifs is 1. The predicted octanol–water partition coefficient (Wildman–Crippen LogP) is 1.54. The Labute approximate surface area is 101 Å². The maximum absolute atomic E-state index is 11.2. The summed E-state index contributed by atoms with van der Waals surface area (Å²) in [7, 11) is 1.66. The normalized spacial score (nSPS) is 18.2. The summed E-state index contributed by atoms with van der Waals surface area (Å²) in [5.74, 6) is -0.751. The van der Waals surface area contributed by atoms with Crippen molar-refractivity contribution in [2.75, 3.05) is 25.2 Å². The van der Waals surface area contributed by atoms with E-state index >= 15 is 0 Å². The van der Waals surface area contributed by atoms with E-state index in [1.165, 1.54) is 0 Å². The second-order valence-electron chi connectivity index (χ2n) is 4.23. The van der Waals surface area contributed by atoms with Crippen LogP contribution in [0.25, 0.3) is 0 Å². The van der Waals surface area contributed by atoms with Crippen molar-refractivity contribution in [2.45, 2.75) is 18.9 Å². The van der Waals surface area contributed by atoms with E-state index in [4.69, 9.17) is 4.74 Å². The highest BCUT2D eigenvalue weighted by Gasteiger charge is 2.33. The molecule has 0 aliphatic carbocycles. The molecule has 0 bridgehead atoms. The molecule has 4 nitrogen and oxygen atoms in total. The number of para-hydroxylation sites is 1. The first-order valence-corrected chi connectivity index (χ1v) is 5.80. The van der Waals surface area contributed by atoms with Crippen LogP contribution in [0.1, 0.15) is 12.0 Å². The molecule has 1 N–H and O–H groups in total. The van der Waals surface area contributed by atoms with Gasteiger partial charge in [-0.05, 0) is 18.1 Å². The van der Waals surface area contributed by atoms with E-state index in [1.54, 1.807) is 7.11 Å². The first-order chi connectivity index (χ1) is 8.24. The Morgan fingerprint density at radius 2 is 2.29 bits per heavy atom. The topological polar surface area (TPSA) is 49.8 Å². The van der Waals surface area contributed by atoms with E-state index < -0.39 is 12.0 Å². The summed E-state index contributed by atoms with van der Waals surface area (Å²) in [6, 6.07) is 7.47. The SMILES string of the molecule is COCCCN1c2ccccc2CC1C(=O)O. The average Bonchev–Trinajstić information content (AvgIpc) is 2.69. The van der Waals surface area contributed by atoms with Crippen LogP contribution in [0, 0.1) is 0 Å².